The van der Waals surface area contributed by atoms with E-state index in [0.717, 1.165) is 6.08 Å². The molecule has 1 amide bonds. The Morgan fingerprint density at radius 1 is 1.32 bits per heavy atom. The Balaban J connectivity index is 2.87. The molecule has 1 N–H and O–H groups in total. The highest BCUT2D eigenvalue weighted by atomic mass is 19.4. The number of benzene rings is 1. The van der Waals surface area contributed by atoms with E-state index < -0.39 is 12.6 Å². The zero-order chi connectivity index (χ0) is 14.5. The number of hydrogen-bond donors (Lipinski definition) is 1. The maximum Gasteiger partial charge on any atom is 0.392 e. The third kappa shape index (κ3) is 5.59. The highest BCUT2D eigenvalue weighted by Crippen LogP contribution is 2.21. The molecule has 2 nitrogen and oxygen atoms in total. The Morgan fingerprint density at radius 3 is 2.53 bits per heavy atom. The molecule has 0 aromatic heterocycles. The molecule has 0 aliphatic rings. The Bertz CT molecular complexity index is 464. The van der Waals surface area contributed by atoms with E-state index in [0.29, 0.717) is 11.1 Å². The summed E-state index contributed by atoms with van der Waals surface area (Å²) in [5.41, 5.74) is 0.847. The number of amides is 1. The molecule has 1 aromatic carbocycles. The highest BCUT2D eigenvalue weighted by Gasteiger charge is 2.24. The van der Waals surface area contributed by atoms with Gasteiger partial charge in [0, 0.05) is 11.6 Å². The fourth-order valence-corrected chi connectivity index (χ4v) is 1.51. The maximum absolute atomic E-state index is 12.1. The molecule has 1 rings (SSSR count). The molecule has 0 spiro atoms. The van der Waals surface area contributed by atoms with Crippen molar-refractivity contribution in [3.63, 3.8) is 0 Å². The minimum absolute atomic E-state index is 0.0280. The molecule has 0 fully saturated rings. The smallest absolute Gasteiger partial charge is 0.350 e. The quantitative estimate of drug-likeness (QED) is 0.887. The molecule has 0 saturated heterocycles. The van der Waals surface area contributed by atoms with Crippen LogP contribution in [0.2, 0.25) is 0 Å². The average Bonchev–Trinajstić information content (AvgIpc) is 2.27. The summed E-state index contributed by atoms with van der Waals surface area (Å²) in [6.07, 6.45) is -2.90. The molecular formula is C14H16F3NO. The maximum atomic E-state index is 12.1. The number of allylic oxidation sites excluding steroid dienone is 1. The SMILES string of the molecule is CC(C)NC(=O)c1ccccc1/C=C/CC(F)(F)F. The molecule has 0 atom stereocenters. The minimum atomic E-state index is -4.23. The topological polar surface area (TPSA) is 29.1 Å². The van der Waals surface area contributed by atoms with Gasteiger partial charge in [0.15, 0.2) is 0 Å². The predicted octanol–water partition coefficient (Wildman–Crippen LogP) is 3.79. The lowest BCUT2D eigenvalue weighted by Gasteiger charge is -2.10. The van der Waals surface area contributed by atoms with Crippen LogP contribution in [0.4, 0.5) is 13.2 Å². The van der Waals surface area contributed by atoms with Gasteiger partial charge in [0.25, 0.3) is 5.91 Å². The Labute approximate surface area is 110 Å². The van der Waals surface area contributed by atoms with E-state index in [4.69, 9.17) is 0 Å². The van der Waals surface area contributed by atoms with E-state index in [1.807, 2.05) is 13.8 Å². The van der Waals surface area contributed by atoms with Crippen molar-refractivity contribution in [2.45, 2.75) is 32.5 Å². The van der Waals surface area contributed by atoms with Gasteiger partial charge in [-0.05, 0) is 25.5 Å². The summed E-state index contributed by atoms with van der Waals surface area (Å²) < 4.78 is 36.2. The Morgan fingerprint density at radius 2 is 1.95 bits per heavy atom. The third-order valence-corrected chi connectivity index (χ3v) is 2.27. The fraction of sp³-hybridized carbons (Fsp3) is 0.357. The summed E-state index contributed by atoms with van der Waals surface area (Å²) in [5.74, 6) is -0.290. The van der Waals surface area contributed by atoms with E-state index in [-0.39, 0.29) is 11.9 Å². The molecule has 5 heteroatoms. The van der Waals surface area contributed by atoms with Crippen molar-refractivity contribution < 1.29 is 18.0 Å². The number of rotatable bonds is 4. The monoisotopic (exact) mass is 271 g/mol. The molecule has 0 aliphatic heterocycles. The van der Waals surface area contributed by atoms with Crippen LogP contribution in [0.15, 0.2) is 30.3 Å². The van der Waals surface area contributed by atoms with Crippen LogP contribution in [0.5, 0.6) is 0 Å². The van der Waals surface area contributed by atoms with E-state index in [1.54, 1.807) is 24.3 Å². The van der Waals surface area contributed by atoms with Crippen molar-refractivity contribution in [2.24, 2.45) is 0 Å². The normalized spacial score (nSPS) is 12.1. The minimum Gasteiger partial charge on any atom is -0.350 e. The lowest BCUT2D eigenvalue weighted by Crippen LogP contribution is -2.30. The first kappa shape index (κ1) is 15.3. The first-order valence-corrected chi connectivity index (χ1v) is 5.93. The molecule has 104 valence electrons. The van der Waals surface area contributed by atoms with Crippen LogP contribution < -0.4 is 5.32 Å². The van der Waals surface area contributed by atoms with Gasteiger partial charge in [0.2, 0.25) is 0 Å². The van der Waals surface area contributed by atoms with E-state index >= 15 is 0 Å². The third-order valence-electron chi connectivity index (χ3n) is 2.27. The van der Waals surface area contributed by atoms with Gasteiger partial charge in [-0.15, -0.1) is 0 Å². The van der Waals surface area contributed by atoms with E-state index in [1.165, 1.54) is 6.08 Å². The van der Waals surface area contributed by atoms with Gasteiger partial charge in [0.05, 0.1) is 6.42 Å². The van der Waals surface area contributed by atoms with Crippen molar-refractivity contribution in [2.75, 3.05) is 0 Å². The first-order valence-electron chi connectivity index (χ1n) is 5.93. The van der Waals surface area contributed by atoms with E-state index in [2.05, 4.69) is 5.32 Å². The average molecular weight is 271 g/mol. The van der Waals surface area contributed by atoms with Crippen LogP contribution in [-0.4, -0.2) is 18.1 Å². The molecule has 0 radical (unpaired) electrons. The van der Waals surface area contributed by atoms with Gasteiger partial charge >= 0.3 is 6.18 Å². The molecule has 0 saturated carbocycles. The van der Waals surface area contributed by atoms with Gasteiger partial charge < -0.3 is 5.32 Å². The number of carbonyl (C=O) groups excluding carboxylic acids is 1. The van der Waals surface area contributed by atoms with Gasteiger partial charge in [-0.2, -0.15) is 13.2 Å². The summed E-state index contributed by atoms with van der Waals surface area (Å²) in [6.45, 7) is 3.64. The summed E-state index contributed by atoms with van der Waals surface area (Å²) in [5, 5.41) is 2.71. The Kier molecular flexibility index (Phi) is 5.15. The lowest BCUT2D eigenvalue weighted by molar-refractivity contribution is -0.124. The fourth-order valence-electron chi connectivity index (χ4n) is 1.51. The second-order valence-electron chi connectivity index (χ2n) is 4.44. The first-order chi connectivity index (χ1) is 8.79. The van der Waals surface area contributed by atoms with Crippen LogP contribution in [-0.2, 0) is 0 Å². The number of nitrogens with one attached hydrogen (secondary N) is 1. The molecular weight excluding hydrogens is 255 g/mol. The van der Waals surface area contributed by atoms with Crippen molar-refractivity contribution in [3.8, 4) is 0 Å². The summed E-state index contributed by atoms with van der Waals surface area (Å²) in [7, 11) is 0. The molecule has 0 unspecified atom stereocenters. The van der Waals surface area contributed by atoms with E-state index in [9.17, 15) is 18.0 Å². The molecule has 0 heterocycles. The number of carbonyl (C=O) groups is 1. The second-order valence-corrected chi connectivity index (χ2v) is 4.44. The lowest BCUT2D eigenvalue weighted by atomic mass is 10.1. The van der Waals surface area contributed by atoms with Crippen LogP contribution in [0.25, 0.3) is 6.08 Å². The predicted molar refractivity (Wildman–Crippen MR) is 68.8 cm³/mol. The van der Waals surface area contributed by atoms with Gasteiger partial charge in [-0.25, -0.2) is 0 Å². The van der Waals surface area contributed by atoms with Crippen molar-refractivity contribution in [3.05, 3.63) is 41.5 Å². The molecule has 1 aromatic rings. The molecule has 19 heavy (non-hydrogen) atoms. The van der Waals surface area contributed by atoms with Crippen LogP contribution in [0.1, 0.15) is 36.2 Å². The summed E-state index contributed by atoms with van der Waals surface area (Å²) >= 11 is 0. The standard InChI is InChI=1S/C14H16F3NO/c1-10(2)18-13(19)12-8-4-3-6-11(12)7-5-9-14(15,16)17/h3-8,10H,9H2,1-2H3,(H,18,19)/b7-5+. The van der Waals surface area contributed by atoms with Gasteiger partial charge in [-0.1, -0.05) is 30.4 Å². The van der Waals surface area contributed by atoms with Gasteiger partial charge in [0.1, 0.15) is 0 Å². The summed E-state index contributed by atoms with van der Waals surface area (Å²) in [4.78, 5) is 11.9. The second kappa shape index (κ2) is 6.41. The van der Waals surface area contributed by atoms with Gasteiger partial charge in [-0.3, -0.25) is 4.79 Å². The molecule has 0 aliphatic carbocycles. The summed E-state index contributed by atoms with van der Waals surface area (Å²) in [6, 6.07) is 6.53. The van der Waals surface area contributed by atoms with Crippen molar-refractivity contribution in [1.82, 2.24) is 5.32 Å². The zero-order valence-corrected chi connectivity index (χ0v) is 10.8. The Hall–Kier alpha value is -1.78. The molecule has 0 bridgehead atoms. The highest BCUT2D eigenvalue weighted by molar-refractivity contribution is 5.97. The largest absolute Gasteiger partial charge is 0.392 e. The number of alkyl halides is 3. The van der Waals surface area contributed by atoms with Crippen molar-refractivity contribution in [1.29, 1.82) is 0 Å². The van der Waals surface area contributed by atoms with Crippen molar-refractivity contribution >= 4 is 12.0 Å². The van der Waals surface area contributed by atoms with Crippen LogP contribution in [0, 0.1) is 0 Å². The number of hydrogen-bond acceptors (Lipinski definition) is 1. The van der Waals surface area contributed by atoms with Crippen LogP contribution >= 0.6 is 0 Å². The number of halogens is 3. The van der Waals surface area contributed by atoms with Crippen LogP contribution in [0.3, 0.4) is 0 Å². The zero-order valence-electron chi connectivity index (χ0n) is 10.8.